The van der Waals surface area contributed by atoms with E-state index in [0.29, 0.717) is 12.8 Å². The van der Waals surface area contributed by atoms with Crippen LogP contribution in [0.5, 0.6) is 0 Å². The molecule has 0 aromatic heterocycles. The fourth-order valence-corrected chi connectivity index (χ4v) is 4.44. The van der Waals surface area contributed by atoms with Crippen LogP contribution in [0.15, 0.2) is 29.2 Å². The van der Waals surface area contributed by atoms with E-state index in [4.69, 9.17) is 4.74 Å². The molecule has 1 aliphatic rings. The van der Waals surface area contributed by atoms with E-state index in [2.05, 4.69) is 0 Å². The highest BCUT2D eigenvalue weighted by Gasteiger charge is 2.33. The fourth-order valence-electron chi connectivity index (χ4n) is 2.83. The predicted molar refractivity (Wildman–Crippen MR) is 91.2 cm³/mol. The number of nitrogens with one attached hydrogen (secondary N) is 1. The van der Waals surface area contributed by atoms with Crippen LogP contribution < -0.4 is 5.48 Å². The lowest BCUT2D eigenvalue weighted by molar-refractivity contribution is -0.146. The van der Waals surface area contributed by atoms with E-state index in [0.717, 1.165) is 0 Å². The Morgan fingerprint density at radius 2 is 1.92 bits per heavy atom. The van der Waals surface area contributed by atoms with Crippen molar-refractivity contribution in [1.29, 1.82) is 0 Å². The standard InChI is InChI=1S/C16H21N2O6S/c1-2-24-16(20)11-14(19)12-7-9-18(10-8-12)25(22,23)15-6-4-3-5-13(15)17-21/h3-6,12,17H,2,7-11H2,1H3/q-1. The number of carbonyl (C=O) groups excluding carboxylic acids is 2. The van der Waals surface area contributed by atoms with E-state index in [9.17, 15) is 23.2 Å². The number of piperidine rings is 1. The number of rotatable bonds is 7. The van der Waals surface area contributed by atoms with Crippen molar-refractivity contribution in [1.82, 2.24) is 4.31 Å². The second kappa shape index (κ2) is 8.41. The van der Waals surface area contributed by atoms with Crippen LogP contribution in [0.2, 0.25) is 0 Å². The highest BCUT2D eigenvalue weighted by atomic mass is 32.2. The average molecular weight is 369 g/mol. The molecule has 2 rings (SSSR count). The van der Waals surface area contributed by atoms with Gasteiger partial charge in [0, 0.05) is 24.7 Å². The van der Waals surface area contributed by atoms with Gasteiger partial charge in [0.1, 0.15) is 17.1 Å². The van der Waals surface area contributed by atoms with Gasteiger partial charge in [-0.2, -0.15) is 4.31 Å². The molecule has 0 spiro atoms. The average Bonchev–Trinajstić information content (AvgIpc) is 2.61. The van der Waals surface area contributed by atoms with Crippen LogP contribution in [-0.2, 0) is 24.3 Å². The normalized spacial score (nSPS) is 16.4. The molecule has 0 aliphatic carbocycles. The molecule has 1 N–H and O–H groups in total. The molecular weight excluding hydrogens is 348 g/mol. The molecule has 0 atom stereocenters. The number of ketones is 1. The van der Waals surface area contributed by atoms with Crippen molar-refractivity contribution < 1.29 is 22.7 Å². The summed E-state index contributed by atoms with van der Waals surface area (Å²) in [5.74, 6) is -1.14. The minimum atomic E-state index is -3.82. The van der Waals surface area contributed by atoms with Gasteiger partial charge < -0.3 is 15.4 Å². The maximum Gasteiger partial charge on any atom is 0.313 e. The van der Waals surface area contributed by atoms with E-state index >= 15 is 0 Å². The van der Waals surface area contributed by atoms with Crippen molar-refractivity contribution >= 4 is 27.5 Å². The Morgan fingerprint density at radius 3 is 2.52 bits per heavy atom. The van der Waals surface area contributed by atoms with Gasteiger partial charge in [-0.3, -0.25) is 9.59 Å². The molecule has 0 bridgehead atoms. The zero-order valence-corrected chi connectivity index (χ0v) is 14.8. The van der Waals surface area contributed by atoms with Gasteiger partial charge in [-0.25, -0.2) is 8.42 Å². The van der Waals surface area contributed by atoms with Gasteiger partial charge in [0.05, 0.1) is 6.61 Å². The Bertz CT molecular complexity index is 726. The highest BCUT2D eigenvalue weighted by molar-refractivity contribution is 7.89. The summed E-state index contributed by atoms with van der Waals surface area (Å²) in [5, 5.41) is 11.0. The molecule has 9 heteroatoms. The maximum atomic E-state index is 12.7. The minimum absolute atomic E-state index is 0.0111. The third kappa shape index (κ3) is 4.56. The van der Waals surface area contributed by atoms with Gasteiger partial charge in [-0.15, -0.1) is 0 Å². The van der Waals surface area contributed by atoms with E-state index in [1.165, 1.54) is 16.4 Å². The molecule has 8 nitrogen and oxygen atoms in total. The molecule has 1 aromatic carbocycles. The van der Waals surface area contributed by atoms with Crippen LogP contribution in [-0.4, -0.2) is 44.2 Å². The molecule has 138 valence electrons. The minimum Gasteiger partial charge on any atom is -0.761 e. The van der Waals surface area contributed by atoms with Gasteiger partial charge >= 0.3 is 5.97 Å². The summed E-state index contributed by atoms with van der Waals surface area (Å²) in [6.45, 7) is 2.21. The quantitative estimate of drug-likeness (QED) is 0.440. The van der Waals surface area contributed by atoms with Crippen LogP contribution in [0.25, 0.3) is 0 Å². The van der Waals surface area contributed by atoms with Crippen molar-refractivity contribution in [3.63, 3.8) is 0 Å². The molecule has 0 saturated carbocycles. The third-order valence-corrected chi connectivity index (χ3v) is 6.10. The van der Waals surface area contributed by atoms with E-state index in [-0.39, 0.29) is 48.4 Å². The number of anilines is 1. The van der Waals surface area contributed by atoms with Crippen LogP contribution in [0.4, 0.5) is 5.69 Å². The van der Waals surface area contributed by atoms with Gasteiger partial charge in [-0.05, 0) is 31.9 Å². The smallest absolute Gasteiger partial charge is 0.313 e. The van der Waals surface area contributed by atoms with Crippen LogP contribution in [0, 0.1) is 11.1 Å². The lowest BCUT2D eigenvalue weighted by Gasteiger charge is -2.31. The molecular formula is C16H21N2O6S-. The number of carbonyl (C=O) groups is 2. The third-order valence-electron chi connectivity index (χ3n) is 4.15. The first-order chi connectivity index (χ1) is 11.9. The number of para-hydroxylation sites is 1. The number of ether oxygens (including phenoxy) is 1. The number of nitrogens with zero attached hydrogens (tertiary/aromatic N) is 1. The maximum absolute atomic E-state index is 12.7. The number of hydrogen-bond acceptors (Lipinski definition) is 7. The summed E-state index contributed by atoms with van der Waals surface area (Å²) in [5.41, 5.74) is 1.63. The molecule has 1 saturated heterocycles. The zero-order chi connectivity index (χ0) is 18.4. The lowest BCUT2D eigenvalue weighted by atomic mass is 9.92. The highest BCUT2D eigenvalue weighted by Crippen LogP contribution is 2.28. The van der Waals surface area contributed by atoms with Gasteiger partial charge in [0.15, 0.2) is 0 Å². The Morgan fingerprint density at radius 1 is 1.28 bits per heavy atom. The molecule has 1 heterocycles. The SMILES string of the molecule is CCOC(=O)CC(=O)C1CCN(S(=O)(=O)c2ccccc2N[O-])CC1. The number of Topliss-reactive ketones (excluding diaryl/α,β-unsaturated/α-hetero) is 1. The van der Waals surface area contributed by atoms with E-state index in [1.807, 2.05) is 0 Å². The lowest BCUT2D eigenvalue weighted by Crippen LogP contribution is -2.40. The molecule has 1 aliphatic heterocycles. The summed E-state index contributed by atoms with van der Waals surface area (Å²) >= 11 is 0. The number of sulfonamides is 1. The molecule has 0 amide bonds. The molecule has 1 aromatic rings. The van der Waals surface area contributed by atoms with Gasteiger partial charge in [0.25, 0.3) is 0 Å². The summed E-state index contributed by atoms with van der Waals surface area (Å²) in [6.07, 6.45) is 0.392. The molecule has 0 radical (unpaired) electrons. The van der Waals surface area contributed by atoms with E-state index < -0.39 is 16.0 Å². The Labute approximate surface area is 146 Å². The number of esters is 1. The number of hydrogen-bond donors (Lipinski definition) is 1. The van der Waals surface area contributed by atoms with Crippen LogP contribution in [0.1, 0.15) is 26.2 Å². The first-order valence-electron chi connectivity index (χ1n) is 8.05. The summed E-state index contributed by atoms with van der Waals surface area (Å²) in [4.78, 5) is 23.4. The van der Waals surface area contributed by atoms with Crippen LogP contribution in [0.3, 0.4) is 0 Å². The van der Waals surface area contributed by atoms with Crippen molar-refractivity contribution in [2.45, 2.75) is 31.1 Å². The van der Waals surface area contributed by atoms with Crippen LogP contribution >= 0.6 is 0 Å². The van der Waals surface area contributed by atoms with Crippen molar-refractivity contribution in [2.24, 2.45) is 5.92 Å². The monoisotopic (exact) mass is 369 g/mol. The Kier molecular flexibility index (Phi) is 6.51. The van der Waals surface area contributed by atoms with Gasteiger partial charge in [-0.1, -0.05) is 12.1 Å². The second-order valence-corrected chi connectivity index (χ2v) is 7.63. The first-order valence-corrected chi connectivity index (χ1v) is 9.49. The predicted octanol–water partition coefficient (Wildman–Crippen LogP) is 1.52. The topological polar surface area (TPSA) is 116 Å². The van der Waals surface area contributed by atoms with Crippen molar-refractivity contribution in [3.8, 4) is 0 Å². The summed E-state index contributed by atoms with van der Waals surface area (Å²) < 4.78 is 31.4. The Hall–Kier alpha value is -1.97. The van der Waals surface area contributed by atoms with Crippen molar-refractivity contribution in [2.75, 3.05) is 25.2 Å². The second-order valence-electron chi connectivity index (χ2n) is 5.72. The fraction of sp³-hybridized carbons (Fsp3) is 0.500. The summed E-state index contributed by atoms with van der Waals surface area (Å²) in [6, 6.07) is 5.88. The summed E-state index contributed by atoms with van der Waals surface area (Å²) in [7, 11) is -3.82. The Balaban J connectivity index is 2.01. The number of benzene rings is 1. The molecule has 1 fully saturated rings. The zero-order valence-electron chi connectivity index (χ0n) is 13.9. The van der Waals surface area contributed by atoms with Crippen molar-refractivity contribution in [3.05, 3.63) is 29.5 Å². The van der Waals surface area contributed by atoms with E-state index in [1.54, 1.807) is 24.5 Å². The first kappa shape index (κ1) is 19.4. The largest absolute Gasteiger partial charge is 0.761 e. The molecule has 25 heavy (non-hydrogen) atoms. The molecule has 0 unspecified atom stereocenters. The van der Waals surface area contributed by atoms with Gasteiger partial charge in [0.2, 0.25) is 10.0 Å².